The summed E-state index contributed by atoms with van der Waals surface area (Å²) in [5.41, 5.74) is 0.504. The second kappa shape index (κ2) is 5.61. The molecule has 0 amide bonds. The molecule has 73 valence electrons. The minimum absolute atomic E-state index is 0.504. The van der Waals surface area contributed by atoms with Crippen LogP contribution in [0.25, 0.3) is 0 Å². The SMILES string of the molecule is [CH2]CCCCC(C)CC(C)(C)C. The van der Waals surface area contributed by atoms with Crippen molar-refractivity contribution in [1.82, 2.24) is 0 Å². The third-order valence-corrected chi connectivity index (χ3v) is 2.16. The standard InChI is InChI=1S/C12H25/c1-6-7-8-9-11(2)10-12(3,4)5/h11H,1,6-10H2,2-5H3. The van der Waals surface area contributed by atoms with Gasteiger partial charge in [-0.1, -0.05) is 60.3 Å². The molecule has 0 spiro atoms. The summed E-state index contributed by atoms with van der Waals surface area (Å²) < 4.78 is 0. The van der Waals surface area contributed by atoms with Crippen molar-refractivity contribution in [2.24, 2.45) is 11.3 Å². The zero-order chi connectivity index (χ0) is 9.61. The molecule has 0 aromatic heterocycles. The summed E-state index contributed by atoms with van der Waals surface area (Å²) in [5, 5.41) is 0. The van der Waals surface area contributed by atoms with Gasteiger partial charge in [-0.2, -0.15) is 0 Å². The van der Waals surface area contributed by atoms with Gasteiger partial charge in [0.15, 0.2) is 0 Å². The lowest BCUT2D eigenvalue weighted by Gasteiger charge is -2.23. The fourth-order valence-electron chi connectivity index (χ4n) is 1.82. The molecule has 0 aliphatic carbocycles. The third kappa shape index (κ3) is 8.10. The molecular weight excluding hydrogens is 144 g/mol. The van der Waals surface area contributed by atoms with Gasteiger partial charge in [0.1, 0.15) is 0 Å². The van der Waals surface area contributed by atoms with Crippen LogP contribution in [-0.4, -0.2) is 0 Å². The van der Waals surface area contributed by atoms with Crippen molar-refractivity contribution in [2.45, 2.75) is 59.8 Å². The van der Waals surface area contributed by atoms with Gasteiger partial charge in [0.25, 0.3) is 0 Å². The maximum atomic E-state index is 3.86. The quantitative estimate of drug-likeness (QED) is 0.533. The van der Waals surface area contributed by atoms with Gasteiger partial charge in [0, 0.05) is 0 Å². The van der Waals surface area contributed by atoms with Gasteiger partial charge in [-0.15, -0.1) is 0 Å². The Hall–Kier alpha value is 0. The van der Waals surface area contributed by atoms with Crippen molar-refractivity contribution < 1.29 is 0 Å². The van der Waals surface area contributed by atoms with E-state index in [1.165, 1.54) is 25.7 Å². The summed E-state index contributed by atoms with van der Waals surface area (Å²) in [6.45, 7) is 13.2. The molecule has 12 heavy (non-hydrogen) atoms. The van der Waals surface area contributed by atoms with Gasteiger partial charge in [0.05, 0.1) is 0 Å². The van der Waals surface area contributed by atoms with Gasteiger partial charge in [-0.05, 0) is 17.8 Å². The summed E-state index contributed by atoms with van der Waals surface area (Å²) in [7, 11) is 0. The number of unbranched alkanes of at least 4 members (excludes halogenated alkanes) is 2. The highest BCUT2D eigenvalue weighted by Gasteiger charge is 2.14. The second-order valence-electron chi connectivity index (χ2n) is 5.22. The zero-order valence-electron chi connectivity index (χ0n) is 9.32. The third-order valence-electron chi connectivity index (χ3n) is 2.16. The van der Waals surface area contributed by atoms with Crippen molar-refractivity contribution in [1.29, 1.82) is 0 Å². The van der Waals surface area contributed by atoms with Gasteiger partial charge in [-0.3, -0.25) is 0 Å². The van der Waals surface area contributed by atoms with Crippen LogP contribution in [-0.2, 0) is 0 Å². The number of hydrogen-bond donors (Lipinski definition) is 0. The van der Waals surface area contributed by atoms with Gasteiger partial charge in [0.2, 0.25) is 0 Å². The Kier molecular flexibility index (Phi) is 5.61. The Labute approximate surface area is 78.8 Å². The zero-order valence-corrected chi connectivity index (χ0v) is 9.32. The lowest BCUT2D eigenvalue weighted by atomic mass is 9.83. The molecule has 0 heteroatoms. The maximum Gasteiger partial charge on any atom is -0.0380 e. The van der Waals surface area contributed by atoms with Crippen molar-refractivity contribution in [3.05, 3.63) is 6.92 Å². The van der Waals surface area contributed by atoms with Gasteiger partial charge in [-0.25, -0.2) is 0 Å². The van der Waals surface area contributed by atoms with E-state index in [4.69, 9.17) is 0 Å². The van der Waals surface area contributed by atoms with E-state index < -0.39 is 0 Å². The van der Waals surface area contributed by atoms with Crippen LogP contribution in [0.1, 0.15) is 59.8 Å². The van der Waals surface area contributed by atoms with Crippen LogP contribution in [0.5, 0.6) is 0 Å². The van der Waals surface area contributed by atoms with E-state index in [0.717, 1.165) is 12.3 Å². The molecule has 1 radical (unpaired) electrons. The molecule has 0 aromatic carbocycles. The van der Waals surface area contributed by atoms with E-state index in [1.807, 2.05) is 0 Å². The van der Waals surface area contributed by atoms with Crippen LogP contribution in [0.15, 0.2) is 0 Å². The first-order chi connectivity index (χ1) is 5.45. The molecule has 0 saturated carbocycles. The van der Waals surface area contributed by atoms with E-state index >= 15 is 0 Å². The van der Waals surface area contributed by atoms with Crippen LogP contribution in [0, 0.1) is 18.3 Å². The highest BCUT2D eigenvalue weighted by molar-refractivity contribution is 4.66. The van der Waals surface area contributed by atoms with Crippen LogP contribution in [0.2, 0.25) is 0 Å². The lowest BCUT2D eigenvalue weighted by Crippen LogP contribution is -2.10. The van der Waals surface area contributed by atoms with Crippen molar-refractivity contribution >= 4 is 0 Å². The van der Waals surface area contributed by atoms with E-state index in [0.29, 0.717) is 5.41 Å². The normalized spacial score (nSPS) is 14.8. The van der Waals surface area contributed by atoms with E-state index in [-0.39, 0.29) is 0 Å². The van der Waals surface area contributed by atoms with Crippen LogP contribution < -0.4 is 0 Å². The first kappa shape index (κ1) is 12.0. The Morgan fingerprint density at radius 2 is 1.75 bits per heavy atom. The number of rotatable bonds is 5. The highest BCUT2D eigenvalue weighted by Crippen LogP contribution is 2.26. The molecule has 0 aromatic rings. The largest absolute Gasteiger partial charge is 0.0625 e. The highest BCUT2D eigenvalue weighted by atomic mass is 14.2. The van der Waals surface area contributed by atoms with Crippen LogP contribution >= 0.6 is 0 Å². The second-order valence-corrected chi connectivity index (χ2v) is 5.22. The van der Waals surface area contributed by atoms with E-state index in [2.05, 4.69) is 34.6 Å². The average Bonchev–Trinajstić information content (AvgIpc) is 1.84. The first-order valence-electron chi connectivity index (χ1n) is 5.25. The fourth-order valence-corrected chi connectivity index (χ4v) is 1.82. The Bertz CT molecular complexity index is 97.1. The Morgan fingerprint density at radius 1 is 1.17 bits per heavy atom. The minimum Gasteiger partial charge on any atom is -0.0625 e. The van der Waals surface area contributed by atoms with E-state index in [1.54, 1.807) is 0 Å². The average molecular weight is 169 g/mol. The fraction of sp³-hybridized carbons (Fsp3) is 0.917. The summed E-state index contributed by atoms with van der Waals surface area (Å²) in [5.74, 6) is 0.886. The molecule has 0 nitrogen and oxygen atoms in total. The predicted molar refractivity (Wildman–Crippen MR) is 57.1 cm³/mol. The molecule has 1 unspecified atom stereocenters. The lowest BCUT2D eigenvalue weighted by molar-refractivity contribution is 0.292. The molecule has 0 saturated heterocycles. The molecule has 0 aliphatic heterocycles. The van der Waals surface area contributed by atoms with Crippen molar-refractivity contribution in [2.75, 3.05) is 0 Å². The molecule has 0 N–H and O–H groups in total. The summed E-state index contributed by atoms with van der Waals surface area (Å²) in [6.07, 6.45) is 6.49. The molecule has 0 heterocycles. The first-order valence-corrected chi connectivity index (χ1v) is 5.25. The van der Waals surface area contributed by atoms with Crippen molar-refractivity contribution in [3.63, 3.8) is 0 Å². The van der Waals surface area contributed by atoms with Gasteiger partial charge < -0.3 is 0 Å². The molecule has 0 aliphatic rings. The maximum absolute atomic E-state index is 3.86. The van der Waals surface area contributed by atoms with Crippen molar-refractivity contribution in [3.8, 4) is 0 Å². The van der Waals surface area contributed by atoms with Gasteiger partial charge >= 0.3 is 0 Å². The monoisotopic (exact) mass is 169 g/mol. The molecular formula is C12H25. The summed E-state index contributed by atoms with van der Waals surface area (Å²) in [4.78, 5) is 0. The minimum atomic E-state index is 0.504. The van der Waals surface area contributed by atoms with Crippen LogP contribution in [0.3, 0.4) is 0 Å². The summed E-state index contributed by atoms with van der Waals surface area (Å²) in [6, 6.07) is 0. The number of hydrogen-bond acceptors (Lipinski definition) is 0. The van der Waals surface area contributed by atoms with Crippen LogP contribution in [0.4, 0.5) is 0 Å². The molecule has 1 atom stereocenters. The molecule has 0 bridgehead atoms. The Balaban J connectivity index is 3.40. The molecule has 0 fully saturated rings. The van der Waals surface area contributed by atoms with E-state index in [9.17, 15) is 0 Å². The molecule has 0 rings (SSSR count). The smallest absolute Gasteiger partial charge is 0.0380 e. The summed E-state index contributed by atoms with van der Waals surface area (Å²) >= 11 is 0. The topological polar surface area (TPSA) is 0 Å². The Morgan fingerprint density at radius 3 is 2.17 bits per heavy atom. The predicted octanol–water partition coefficient (Wildman–Crippen LogP) is 4.45.